The second-order valence-electron chi connectivity index (χ2n) is 6.01. The lowest BCUT2D eigenvalue weighted by Gasteiger charge is -2.13. The number of fused-ring (bicyclic) bond motifs is 1. The van der Waals surface area contributed by atoms with Gasteiger partial charge in [-0.05, 0) is 30.3 Å². The summed E-state index contributed by atoms with van der Waals surface area (Å²) in [7, 11) is 0. The highest BCUT2D eigenvalue weighted by Crippen LogP contribution is 2.24. The minimum atomic E-state index is -0.170. The molecule has 1 amide bonds. The number of imidazole rings is 1. The number of nitrogens with zero attached hydrogens (tertiary/aromatic N) is 5. The van der Waals surface area contributed by atoms with Crippen LogP contribution in [-0.4, -0.2) is 30.2 Å². The van der Waals surface area contributed by atoms with Gasteiger partial charge in [0.05, 0.1) is 22.4 Å². The zero-order valence-corrected chi connectivity index (χ0v) is 15.4. The summed E-state index contributed by atoms with van der Waals surface area (Å²) in [6.45, 7) is 2.18. The molecule has 2 aromatic heterocycles. The van der Waals surface area contributed by atoms with E-state index in [0.29, 0.717) is 16.4 Å². The molecule has 0 unspecified atom stereocenters. The molecule has 2 heterocycles. The first-order valence-electron chi connectivity index (χ1n) is 8.54. The minimum absolute atomic E-state index is 0.160. The fourth-order valence-electron chi connectivity index (χ4n) is 3.05. The third-order valence-corrected chi connectivity index (χ3v) is 4.48. The van der Waals surface area contributed by atoms with Crippen molar-refractivity contribution in [2.24, 2.45) is 0 Å². The van der Waals surface area contributed by atoms with Crippen LogP contribution < -0.4 is 5.32 Å². The Balaban J connectivity index is 1.64. The van der Waals surface area contributed by atoms with Crippen LogP contribution in [0.15, 0.2) is 55.1 Å². The van der Waals surface area contributed by atoms with Gasteiger partial charge < -0.3 is 9.88 Å². The smallest absolute Gasteiger partial charge is 0.244 e. The number of anilines is 1. The van der Waals surface area contributed by atoms with Gasteiger partial charge in [0.2, 0.25) is 5.91 Å². The van der Waals surface area contributed by atoms with Gasteiger partial charge >= 0.3 is 0 Å². The Morgan fingerprint density at radius 2 is 2.07 bits per heavy atom. The Bertz CT molecular complexity index is 1100. The van der Waals surface area contributed by atoms with Crippen molar-refractivity contribution in [3.8, 4) is 5.69 Å². The van der Waals surface area contributed by atoms with Crippen molar-refractivity contribution in [3.63, 3.8) is 0 Å². The number of carbonyl (C=O) groups excluding carboxylic acids is 1. The molecule has 8 heteroatoms. The van der Waals surface area contributed by atoms with Crippen LogP contribution >= 0.6 is 11.6 Å². The average molecular weight is 381 g/mol. The summed E-state index contributed by atoms with van der Waals surface area (Å²) in [6, 6.07) is 13.0. The lowest BCUT2D eigenvalue weighted by atomic mass is 10.2. The van der Waals surface area contributed by atoms with E-state index in [9.17, 15) is 4.79 Å². The molecule has 0 atom stereocenters. The van der Waals surface area contributed by atoms with E-state index in [1.54, 1.807) is 29.2 Å². The molecule has 136 valence electrons. The molecule has 7 nitrogen and oxygen atoms in total. The topological polar surface area (TPSA) is 77.6 Å². The van der Waals surface area contributed by atoms with Crippen molar-refractivity contribution in [1.29, 1.82) is 0 Å². The van der Waals surface area contributed by atoms with Gasteiger partial charge in [-0.15, -0.1) is 0 Å². The van der Waals surface area contributed by atoms with Crippen LogP contribution in [0.2, 0.25) is 5.02 Å². The van der Waals surface area contributed by atoms with Crippen molar-refractivity contribution in [3.05, 3.63) is 66.0 Å². The summed E-state index contributed by atoms with van der Waals surface area (Å²) in [4.78, 5) is 21.3. The van der Waals surface area contributed by atoms with E-state index >= 15 is 0 Å². The number of nitrogens with one attached hydrogen (secondary N) is 1. The van der Waals surface area contributed by atoms with Crippen molar-refractivity contribution >= 4 is 34.2 Å². The van der Waals surface area contributed by atoms with E-state index < -0.39 is 0 Å². The molecule has 0 aliphatic carbocycles. The molecule has 0 bridgehead atoms. The van der Waals surface area contributed by atoms with Crippen molar-refractivity contribution < 1.29 is 4.79 Å². The SMILES string of the molecule is CCc1nc2ccccc2n1CC(=O)Nc1cc(Cl)ccc1-n1cncn1. The highest BCUT2D eigenvalue weighted by atomic mass is 35.5. The van der Waals surface area contributed by atoms with Crippen molar-refractivity contribution in [2.75, 3.05) is 5.32 Å². The fourth-order valence-corrected chi connectivity index (χ4v) is 3.22. The van der Waals surface area contributed by atoms with Gasteiger partial charge in [0.1, 0.15) is 25.0 Å². The Kier molecular flexibility index (Phi) is 4.60. The number of halogens is 1. The maximum Gasteiger partial charge on any atom is 0.244 e. The molecule has 4 rings (SSSR count). The molecule has 0 spiro atoms. The minimum Gasteiger partial charge on any atom is -0.323 e. The number of aromatic nitrogens is 5. The molecule has 0 saturated heterocycles. The van der Waals surface area contributed by atoms with Crippen LogP contribution in [0.5, 0.6) is 0 Å². The highest BCUT2D eigenvalue weighted by molar-refractivity contribution is 6.31. The monoisotopic (exact) mass is 380 g/mol. The number of rotatable bonds is 5. The maximum absolute atomic E-state index is 12.8. The average Bonchev–Trinajstić information content (AvgIpc) is 3.30. The standard InChI is InChI=1S/C19H17ClN6O/c1-2-18-23-14-5-3-4-6-16(14)25(18)10-19(27)24-15-9-13(20)7-8-17(15)26-12-21-11-22-26/h3-9,11-12H,2,10H2,1H3,(H,24,27). The Morgan fingerprint density at radius 3 is 2.85 bits per heavy atom. The summed E-state index contributed by atoms with van der Waals surface area (Å²) in [5, 5.41) is 7.58. The van der Waals surface area contributed by atoms with Crippen molar-refractivity contribution in [1.82, 2.24) is 24.3 Å². The van der Waals surface area contributed by atoms with Gasteiger partial charge in [-0.2, -0.15) is 5.10 Å². The molecule has 4 aromatic rings. The normalized spacial score (nSPS) is 11.0. The van der Waals surface area contributed by atoms with E-state index in [1.165, 1.54) is 6.33 Å². The molecule has 27 heavy (non-hydrogen) atoms. The Morgan fingerprint density at radius 1 is 1.22 bits per heavy atom. The highest BCUT2D eigenvalue weighted by Gasteiger charge is 2.14. The van der Waals surface area contributed by atoms with E-state index in [-0.39, 0.29) is 12.5 Å². The quantitative estimate of drug-likeness (QED) is 0.575. The summed E-state index contributed by atoms with van der Waals surface area (Å²) in [5.41, 5.74) is 3.08. The number of carbonyl (C=O) groups is 1. The predicted octanol–water partition coefficient (Wildman–Crippen LogP) is 3.47. The van der Waals surface area contributed by atoms with E-state index in [0.717, 1.165) is 23.3 Å². The first kappa shape index (κ1) is 17.2. The molecule has 0 aliphatic heterocycles. The van der Waals surface area contributed by atoms with Gasteiger partial charge in [-0.25, -0.2) is 14.6 Å². The zero-order valence-electron chi connectivity index (χ0n) is 14.6. The molecule has 0 aliphatic rings. The van der Waals surface area contributed by atoms with Gasteiger partial charge in [0.25, 0.3) is 0 Å². The third kappa shape index (κ3) is 3.41. The van der Waals surface area contributed by atoms with Crippen LogP contribution in [0.25, 0.3) is 16.7 Å². The van der Waals surface area contributed by atoms with Crippen LogP contribution in [0.3, 0.4) is 0 Å². The molecular weight excluding hydrogens is 364 g/mol. The second kappa shape index (κ2) is 7.20. The van der Waals surface area contributed by atoms with E-state index in [4.69, 9.17) is 11.6 Å². The summed E-state index contributed by atoms with van der Waals surface area (Å²) in [5.74, 6) is 0.699. The first-order chi connectivity index (χ1) is 13.2. The zero-order chi connectivity index (χ0) is 18.8. The maximum atomic E-state index is 12.8. The van der Waals surface area contributed by atoms with E-state index in [1.807, 2.05) is 35.8 Å². The predicted molar refractivity (Wildman–Crippen MR) is 104 cm³/mol. The molecule has 0 radical (unpaired) electrons. The summed E-state index contributed by atoms with van der Waals surface area (Å²) >= 11 is 6.12. The largest absolute Gasteiger partial charge is 0.323 e. The molecule has 1 N–H and O–H groups in total. The lowest BCUT2D eigenvalue weighted by molar-refractivity contribution is -0.116. The number of hydrogen-bond donors (Lipinski definition) is 1. The number of benzene rings is 2. The molecular formula is C19H17ClN6O. The summed E-state index contributed by atoms with van der Waals surface area (Å²) < 4.78 is 3.51. The van der Waals surface area contributed by atoms with Crippen LogP contribution in [0.1, 0.15) is 12.7 Å². The molecule has 0 fully saturated rings. The second-order valence-corrected chi connectivity index (χ2v) is 6.44. The summed E-state index contributed by atoms with van der Waals surface area (Å²) in [6.07, 6.45) is 3.74. The number of para-hydroxylation sites is 2. The Labute approximate surface area is 160 Å². The first-order valence-corrected chi connectivity index (χ1v) is 8.92. The van der Waals surface area contributed by atoms with Crippen molar-refractivity contribution in [2.45, 2.75) is 19.9 Å². The van der Waals surface area contributed by atoms with Gasteiger partial charge in [-0.1, -0.05) is 30.7 Å². The van der Waals surface area contributed by atoms with Crippen LogP contribution in [-0.2, 0) is 17.8 Å². The van der Waals surface area contributed by atoms with Crippen LogP contribution in [0, 0.1) is 0 Å². The number of amides is 1. The number of aryl methyl sites for hydroxylation is 1. The molecule has 0 saturated carbocycles. The lowest BCUT2D eigenvalue weighted by Crippen LogP contribution is -2.21. The van der Waals surface area contributed by atoms with E-state index in [2.05, 4.69) is 20.4 Å². The van der Waals surface area contributed by atoms with Gasteiger partial charge in [-0.3, -0.25) is 4.79 Å². The third-order valence-electron chi connectivity index (χ3n) is 4.25. The van der Waals surface area contributed by atoms with Gasteiger partial charge in [0, 0.05) is 11.4 Å². The fraction of sp³-hybridized carbons (Fsp3) is 0.158. The number of hydrogen-bond acceptors (Lipinski definition) is 4. The Hall–Kier alpha value is -3.19. The van der Waals surface area contributed by atoms with Gasteiger partial charge in [0.15, 0.2) is 0 Å². The van der Waals surface area contributed by atoms with Crippen LogP contribution in [0.4, 0.5) is 5.69 Å². The molecule has 2 aromatic carbocycles.